The summed E-state index contributed by atoms with van der Waals surface area (Å²) in [6.07, 6.45) is 3.26. The molecule has 0 aliphatic carbocycles. The molecule has 1 amide bonds. The Balaban J connectivity index is 1.67. The Bertz CT molecular complexity index is 1040. The first-order valence-corrected chi connectivity index (χ1v) is 8.06. The number of ether oxygens (including phenoxy) is 1. The molecule has 26 heavy (non-hydrogen) atoms. The molecule has 0 radical (unpaired) electrons. The number of hydrogen-bond donors (Lipinski definition) is 2. The summed E-state index contributed by atoms with van der Waals surface area (Å²) in [6.45, 7) is 0.907. The van der Waals surface area contributed by atoms with Crippen LogP contribution in [-0.4, -0.2) is 40.5 Å². The molecule has 0 atom stereocenters. The molecule has 2 heterocycles. The number of rotatable bonds is 4. The van der Waals surface area contributed by atoms with Crippen LogP contribution in [0.5, 0.6) is 0 Å². The molecule has 7 heteroatoms. The van der Waals surface area contributed by atoms with Crippen LogP contribution in [0.1, 0.15) is 21.6 Å². The fraction of sp³-hybridized carbons (Fsp3) is 0.105. The van der Waals surface area contributed by atoms with E-state index >= 15 is 0 Å². The summed E-state index contributed by atoms with van der Waals surface area (Å²) in [5.74, 6) is -0.965. The first kappa shape index (κ1) is 15.9. The third kappa shape index (κ3) is 2.90. The molecule has 7 nitrogen and oxygen atoms in total. The van der Waals surface area contributed by atoms with E-state index in [1.807, 2.05) is 30.3 Å². The molecular weight excluding hydrogens is 334 g/mol. The van der Waals surface area contributed by atoms with E-state index in [0.29, 0.717) is 18.8 Å². The second-order valence-corrected chi connectivity index (χ2v) is 5.87. The number of carbonyl (C=O) groups is 2. The summed E-state index contributed by atoms with van der Waals surface area (Å²) in [4.78, 5) is 24.4. The van der Waals surface area contributed by atoms with Crippen molar-refractivity contribution in [2.45, 2.75) is 0 Å². The Labute approximate surface area is 148 Å². The maximum Gasteiger partial charge on any atom is 0.414 e. The van der Waals surface area contributed by atoms with Crippen molar-refractivity contribution in [1.82, 2.24) is 10.2 Å². The third-order valence-electron chi connectivity index (χ3n) is 4.22. The van der Waals surface area contributed by atoms with Crippen LogP contribution in [0.2, 0.25) is 0 Å². The molecule has 1 aliphatic heterocycles. The fourth-order valence-corrected chi connectivity index (χ4v) is 2.90. The van der Waals surface area contributed by atoms with Crippen molar-refractivity contribution in [2.24, 2.45) is 0 Å². The highest BCUT2D eigenvalue weighted by atomic mass is 16.6. The summed E-state index contributed by atoms with van der Waals surface area (Å²) in [6, 6.07) is 12.3. The van der Waals surface area contributed by atoms with Crippen molar-refractivity contribution in [2.75, 3.05) is 18.1 Å². The van der Waals surface area contributed by atoms with Crippen LogP contribution in [0.3, 0.4) is 0 Å². The van der Waals surface area contributed by atoms with Crippen LogP contribution in [-0.2, 0) is 4.74 Å². The first-order chi connectivity index (χ1) is 12.6. The minimum atomic E-state index is -0.965. The van der Waals surface area contributed by atoms with E-state index < -0.39 is 5.97 Å². The molecule has 130 valence electrons. The van der Waals surface area contributed by atoms with Crippen molar-refractivity contribution in [3.63, 3.8) is 0 Å². The highest BCUT2D eigenvalue weighted by Gasteiger charge is 2.23. The number of carboxylic acid groups (broad SMARTS) is 1. The van der Waals surface area contributed by atoms with E-state index in [4.69, 9.17) is 9.84 Å². The van der Waals surface area contributed by atoms with E-state index in [1.165, 1.54) is 0 Å². The van der Waals surface area contributed by atoms with Crippen LogP contribution in [0.25, 0.3) is 23.1 Å². The number of nitrogens with one attached hydrogen (secondary N) is 1. The van der Waals surface area contributed by atoms with Crippen LogP contribution in [0, 0.1) is 0 Å². The van der Waals surface area contributed by atoms with Crippen LogP contribution >= 0.6 is 0 Å². The highest BCUT2D eigenvalue weighted by Crippen LogP contribution is 2.26. The molecule has 1 aliphatic rings. The van der Waals surface area contributed by atoms with Gasteiger partial charge in [0.05, 0.1) is 23.3 Å². The molecule has 2 aromatic carbocycles. The van der Waals surface area contributed by atoms with Crippen LogP contribution in [0.4, 0.5) is 10.5 Å². The van der Waals surface area contributed by atoms with Gasteiger partial charge < -0.3 is 9.84 Å². The van der Waals surface area contributed by atoms with E-state index in [-0.39, 0.29) is 11.7 Å². The number of anilines is 1. The van der Waals surface area contributed by atoms with Gasteiger partial charge in [-0.05, 0) is 42.0 Å². The Hall–Kier alpha value is -3.61. The number of aromatic carboxylic acids is 1. The van der Waals surface area contributed by atoms with Gasteiger partial charge in [-0.1, -0.05) is 18.2 Å². The number of aromatic nitrogens is 2. The van der Waals surface area contributed by atoms with Gasteiger partial charge in [0.25, 0.3) is 0 Å². The topological polar surface area (TPSA) is 95.5 Å². The molecular formula is C19H15N3O4. The third-order valence-corrected chi connectivity index (χ3v) is 4.22. The maximum atomic E-state index is 11.7. The molecule has 0 spiro atoms. The lowest BCUT2D eigenvalue weighted by Gasteiger charge is -2.12. The van der Waals surface area contributed by atoms with Gasteiger partial charge in [0.15, 0.2) is 0 Å². The van der Waals surface area contributed by atoms with Crippen molar-refractivity contribution in [1.29, 1.82) is 0 Å². The van der Waals surface area contributed by atoms with Crippen LogP contribution in [0.15, 0.2) is 42.5 Å². The highest BCUT2D eigenvalue weighted by molar-refractivity contribution is 5.96. The molecule has 0 unspecified atom stereocenters. The fourth-order valence-electron chi connectivity index (χ4n) is 2.90. The standard InChI is InChI=1S/C19H15N3O4/c23-18(24)13-3-1-2-12(10-13)4-6-16-15-11-14(5-7-17(15)21-20-16)22-8-9-26-19(22)25/h1-7,10-11H,8-9H2,(H,20,21)(H,23,24). The number of fused-ring (bicyclic) bond motifs is 1. The number of nitrogens with zero attached hydrogens (tertiary/aromatic N) is 2. The zero-order valence-electron chi connectivity index (χ0n) is 13.7. The van der Waals surface area contributed by atoms with Gasteiger partial charge in [0.2, 0.25) is 0 Å². The largest absolute Gasteiger partial charge is 0.478 e. The average Bonchev–Trinajstić information content (AvgIpc) is 3.25. The van der Waals surface area contributed by atoms with E-state index in [9.17, 15) is 9.59 Å². The van der Waals surface area contributed by atoms with Crippen molar-refractivity contribution >= 4 is 40.8 Å². The van der Waals surface area contributed by atoms with Gasteiger partial charge in [-0.25, -0.2) is 9.59 Å². The number of hydrogen-bond acceptors (Lipinski definition) is 4. The van der Waals surface area contributed by atoms with Crippen molar-refractivity contribution in [3.05, 3.63) is 59.3 Å². The molecule has 1 aromatic heterocycles. The average molecular weight is 349 g/mol. The normalized spacial score (nSPS) is 14.3. The minimum absolute atomic E-state index is 0.230. The van der Waals surface area contributed by atoms with Gasteiger partial charge >= 0.3 is 12.1 Å². The summed E-state index contributed by atoms with van der Waals surface area (Å²) in [7, 11) is 0. The second kappa shape index (κ2) is 6.36. The predicted molar refractivity (Wildman–Crippen MR) is 97.1 cm³/mol. The summed E-state index contributed by atoms with van der Waals surface area (Å²) in [5.41, 5.74) is 3.30. The van der Waals surface area contributed by atoms with E-state index in [1.54, 1.807) is 29.2 Å². The Morgan fingerprint density at radius 1 is 1.23 bits per heavy atom. The number of H-pyrrole nitrogens is 1. The van der Waals surface area contributed by atoms with Crippen molar-refractivity contribution in [3.8, 4) is 0 Å². The molecule has 0 saturated carbocycles. The first-order valence-electron chi connectivity index (χ1n) is 8.06. The van der Waals surface area contributed by atoms with Crippen molar-refractivity contribution < 1.29 is 19.4 Å². The lowest BCUT2D eigenvalue weighted by molar-refractivity contribution is 0.0696. The summed E-state index contributed by atoms with van der Waals surface area (Å²) < 4.78 is 4.98. The smallest absolute Gasteiger partial charge is 0.414 e. The Morgan fingerprint density at radius 2 is 2.12 bits per heavy atom. The number of carboxylic acids is 1. The molecule has 1 saturated heterocycles. The molecule has 2 N–H and O–H groups in total. The summed E-state index contributed by atoms with van der Waals surface area (Å²) in [5, 5.41) is 17.2. The zero-order valence-corrected chi connectivity index (χ0v) is 13.7. The Morgan fingerprint density at radius 3 is 2.88 bits per heavy atom. The predicted octanol–water partition coefficient (Wildman–Crippen LogP) is 3.39. The molecule has 0 bridgehead atoms. The van der Waals surface area contributed by atoms with Gasteiger partial charge in [0.1, 0.15) is 6.61 Å². The zero-order chi connectivity index (χ0) is 18.1. The minimum Gasteiger partial charge on any atom is -0.478 e. The Kier molecular flexibility index (Phi) is 3.89. The molecule has 1 fully saturated rings. The summed E-state index contributed by atoms with van der Waals surface area (Å²) >= 11 is 0. The lowest BCUT2D eigenvalue weighted by Crippen LogP contribution is -2.23. The maximum absolute atomic E-state index is 11.7. The van der Waals surface area contributed by atoms with Gasteiger partial charge in [-0.3, -0.25) is 10.00 Å². The monoisotopic (exact) mass is 349 g/mol. The number of cyclic esters (lactones) is 1. The molecule has 4 rings (SSSR count). The van der Waals surface area contributed by atoms with Crippen LogP contribution < -0.4 is 4.90 Å². The van der Waals surface area contributed by atoms with Gasteiger partial charge in [-0.15, -0.1) is 0 Å². The van der Waals surface area contributed by atoms with Gasteiger partial charge in [-0.2, -0.15) is 5.10 Å². The van der Waals surface area contributed by atoms with E-state index in [2.05, 4.69) is 10.2 Å². The number of amides is 1. The molecule has 3 aromatic rings. The number of aromatic amines is 1. The number of benzene rings is 2. The number of carbonyl (C=O) groups excluding carboxylic acids is 1. The second-order valence-electron chi connectivity index (χ2n) is 5.87. The quantitative estimate of drug-likeness (QED) is 0.753. The SMILES string of the molecule is O=C(O)c1cccc(C=Cc2n[nH]c3ccc(N4CCOC4=O)cc23)c1. The van der Waals surface area contributed by atoms with Gasteiger partial charge in [0, 0.05) is 11.1 Å². The van der Waals surface area contributed by atoms with E-state index in [0.717, 1.165) is 22.2 Å². The lowest BCUT2D eigenvalue weighted by atomic mass is 10.1.